The van der Waals surface area contributed by atoms with Crippen molar-refractivity contribution < 1.29 is 14.8 Å². The van der Waals surface area contributed by atoms with Gasteiger partial charge in [-0.25, -0.2) is 4.79 Å². The van der Waals surface area contributed by atoms with E-state index in [1.807, 2.05) is 30.3 Å². The first kappa shape index (κ1) is 14.2. The number of carbonyl (C=O) groups is 1. The zero-order valence-corrected chi connectivity index (χ0v) is 12.1. The van der Waals surface area contributed by atoms with Crippen molar-refractivity contribution in [1.82, 2.24) is 9.96 Å². The van der Waals surface area contributed by atoms with Gasteiger partial charge in [-0.1, -0.05) is 47.1 Å². The maximum Gasteiger partial charge on any atom is 0.344 e. The number of nitrogens with zero attached hydrogens (tertiary/aromatic N) is 3. The maximum atomic E-state index is 12.4. The fourth-order valence-electron chi connectivity index (χ4n) is 2.83. The van der Waals surface area contributed by atoms with Gasteiger partial charge in [0.05, 0.1) is 12.1 Å². The van der Waals surface area contributed by atoms with Gasteiger partial charge in [-0.15, -0.1) is 0 Å². The van der Waals surface area contributed by atoms with Crippen LogP contribution >= 0.6 is 11.6 Å². The van der Waals surface area contributed by atoms with Gasteiger partial charge in [0.1, 0.15) is 6.61 Å². The minimum atomic E-state index is -0.356. The van der Waals surface area contributed by atoms with Crippen LogP contribution in [0.15, 0.2) is 35.5 Å². The van der Waals surface area contributed by atoms with Crippen molar-refractivity contribution in [2.24, 2.45) is 5.16 Å². The average molecular weight is 310 g/mol. The molecule has 0 spiro atoms. The van der Waals surface area contributed by atoms with Crippen molar-refractivity contribution in [3.8, 4) is 0 Å². The van der Waals surface area contributed by atoms with E-state index in [0.717, 1.165) is 12.0 Å². The van der Waals surface area contributed by atoms with Gasteiger partial charge in [0.15, 0.2) is 5.17 Å². The van der Waals surface area contributed by atoms with Crippen LogP contribution in [0.5, 0.6) is 0 Å². The van der Waals surface area contributed by atoms with Crippen molar-refractivity contribution in [3.05, 3.63) is 35.9 Å². The molecule has 21 heavy (non-hydrogen) atoms. The topological polar surface area (TPSA) is 65.4 Å². The molecule has 0 aliphatic carbocycles. The number of amides is 2. The predicted molar refractivity (Wildman–Crippen MR) is 77.1 cm³/mol. The summed E-state index contributed by atoms with van der Waals surface area (Å²) in [5.41, 5.74) is 1.01. The number of hydrogen-bond acceptors (Lipinski definition) is 4. The molecule has 2 saturated heterocycles. The summed E-state index contributed by atoms with van der Waals surface area (Å²) in [6.45, 7) is 0.896. The predicted octanol–water partition coefficient (Wildman–Crippen LogP) is 2.41. The monoisotopic (exact) mass is 309 g/mol. The highest BCUT2D eigenvalue weighted by Gasteiger charge is 2.47. The van der Waals surface area contributed by atoms with E-state index in [4.69, 9.17) is 21.6 Å². The number of urea groups is 1. The summed E-state index contributed by atoms with van der Waals surface area (Å²) in [4.78, 5) is 19.6. The highest BCUT2D eigenvalue weighted by molar-refractivity contribution is 6.66. The third kappa shape index (κ3) is 2.69. The Hall–Kier alpha value is -1.79. The van der Waals surface area contributed by atoms with Crippen LogP contribution in [-0.4, -0.2) is 45.0 Å². The lowest BCUT2D eigenvalue weighted by Crippen LogP contribution is -2.43. The Labute approximate surface area is 127 Å². The van der Waals surface area contributed by atoms with E-state index < -0.39 is 0 Å². The van der Waals surface area contributed by atoms with E-state index in [-0.39, 0.29) is 23.3 Å². The molecule has 2 heterocycles. The van der Waals surface area contributed by atoms with E-state index in [1.54, 1.807) is 4.90 Å². The van der Waals surface area contributed by atoms with Crippen LogP contribution in [0.3, 0.4) is 0 Å². The second-order valence-corrected chi connectivity index (χ2v) is 5.58. The van der Waals surface area contributed by atoms with E-state index in [9.17, 15) is 4.79 Å². The molecule has 2 fully saturated rings. The molecule has 7 heteroatoms. The largest absolute Gasteiger partial charge is 0.410 e. The van der Waals surface area contributed by atoms with Crippen LogP contribution in [0.2, 0.25) is 0 Å². The number of hydroxylamine groups is 2. The fourth-order valence-corrected chi connectivity index (χ4v) is 3.06. The SMILES string of the molecule is O=C1N(OCc2ccccc2)C2CC[C@@H](C(Cl)=NO)N1C2. The first-order valence-corrected chi connectivity index (χ1v) is 7.22. The number of rotatable bonds is 4. The van der Waals surface area contributed by atoms with Gasteiger partial charge < -0.3 is 10.1 Å². The normalized spacial score (nSPS) is 25.6. The van der Waals surface area contributed by atoms with Gasteiger partial charge in [-0.3, -0.25) is 4.84 Å². The van der Waals surface area contributed by atoms with Crippen molar-refractivity contribution >= 4 is 22.8 Å². The van der Waals surface area contributed by atoms with Crippen molar-refractivity contribution in [3.63, 3.8) is 0 Å². The molecule has 1 N–H and O–H groups in total. The summed E-state index contributed by atoms with van der Waals surface area (Å²) >= 11 is 5.87. The van der Waals surface area contributed by atoms with Gasteiger partial charge in [-0.05, 0) is 18.4 Å². The van der Waals surface area contributed by atoms with Crippen LogP contribution < -0.4 is 0 Å². The molecule has 0 radical (unpaired) electrons. The van der Waals surface area contributed by atoms with Gasteiger partial charge in [0.25, 0.3) is 0 Å². The number of halogens is 1. The summed E-state index contributed by atoms with van der Waals surface area (Å²) in [5, 5.41) is 13.3. The van der Waals surface area contributed by atoms with E-state index in [0.29, 0.717) is 19.6 Å². The first-order valence-electron chi connectivity index (χ1n) is 6.85. The minimum absolute atomic E-state index is 0.0284. The lowest BCUT2D eigenvalue weighted by atomic mass is 10.0. The Morgan fingerprint density at radius 1 is 1.38 bits per heavy atom. The van der Waals surface area contributed by atoms with E-state index in [2.05, 4.69) is 5.16 Å². The van der Waals surface area contributed by atoms with Crippen molar-refractivity contribution in [2.45, 2.75) is 31.5 Å². The zero-order valence-electron chi connectivity index (χ0n) is 11.4. The standard InChI is InChI=1S/C14H16ClN3O3/c15-13(16-20)12-7-6-11-8-17(12)14(19)18(11)21-9-10-4-2-1-3-5-10/h1-5,11-12,20H,6-9H2/t11?,12-/m0/s1. The smallest absolute Gasteiger partial charge is 0.344 e. The van der Waals surface area contributed by atoms with Crippen LogP contribution in [0.1, 0.15) is 18.4 Å². The minimum Gasteiger partial charge on any atom is -0.410 e. The van der Waals surface area contributed by atoms with Crippen LogP contribution in [0.25, 0.3) is 0 Å². The second-order valence-electron chi connectivity index (χ2n) is 5.19. The maximum absolute atomic E-state index is 12.4. The van der Waals surface area contributed by atoms with Gasteiger partial charge in [-0.2, -0.15) is 5.06 Å². The number of piperidine rings is 1. The number of fused-ring (bicyclic) bond motifs is 2. The molecule has 2 bridgehead atoms. The van der Waals surface area contributed by atoms with Crippen LogP contribution in [0, 0.1) is 0 Å². The van der Waals surface area contributed by atoms with E-state index >= 15 is 0 Å². The highest BCUT2D eigenvalue weighted by atomic mass is 35.5. The quantitative estimate of drug-likeness (QED) is 0.528. The molecule has 0 aromatic heterocycles. The molecular weight excluding hydrogens is 294 g/mol. The molecular formula is C14H16ClN3O3. The van der Waals surface area contributed by atoms with Crippen LogP contribution in [0.4, 0.5) is 4.79 Å². The fraction of sp³-hybridized carbons (Fsp3) is 0.429. The Bertz CT molecular complexity index is 552. The number of carbonyl (C=O) groups excluding carboxylic acids is 1. The van der Waals surface area contributed by atoms with Gasteiger partial charge in [0, 0.05) is 6.54 Å². The number of hydrogen-bond donors (Lipinski definition) is 1. The molecule has 2 aliphatic heterocycles. The summed E-state index contributed by atoms with van der Waals surface area (Å²) in [5.74, 6) is 0. The molecule has 1 aromatic carbocycles. The molecule has 112 valence electrons. The van der Waals surface area contributed by atoms with Crippen molar-refractivity contribution in [2.75, 3.05) is 6.54 Å². The zero-order chi connectivity index (χ0) is 14.8. The van der Waals surface area contributed by atoms with E-state index in [1.165, 1.54) is 5.06 Å². The molecule has 2 atom stereocenters. The molecule has 3 rings (SSSR count). The third-order valence-electron chi connectivity index (χ3n) is 3.91. The molecule has 1 unspecified atom stereocenters. The Morgan fingerprint density at radius 3 is 2.86 bits per heavy atom. The number of oxime groups is 1. The molecule has 2 amide bonds. The molecule has 2 aliphatic rings. The third-order valence-corrected chi connectivity index (χ3v) is 4.23. The Balaban J connectivity index is 1.67. The molecule has 1 aromatic rings. The van der Waals surface area contributed by atoms with Gasteiger partial charge >= 0.3 is 6.03 Å². The average Bonchev–Trinajstić information content (AvgIpc) is 2.77. The number of benzene rings is 1. The lowest BCUT2D eigenvalue weighted by molar-refractivity contribution is -0.140. The summed E-state index contributed by atoms with van der Waals surface area (Å²) in [7, 11) is 0. The first-order chi connectivity index (χ1) is 10.2. The summed E-state index contributed by atoms with van der Waals surface area (Å²) in [6, 6.07) is 9.14. The highest BCUT2D eigenvalue weighted by Crippen LogP contribution is 2.31. The Kier molecular flexibility index (Phi) is 3.98. The second kappa shape index (κ2) is 5.91. The lowest BCUT2D eigenvalue weighted by Gasteiger charge is -2.28. The molecule has 6 nitrogen and oxygen atoms in total. The summed E-state index contributed by atoms with van der Waals surface area (Å²) < 4.78 is 0. The van der Waals surface area contributed by atoms with Gasteiger partial charge in [0.2, 0.25) is 0 Å². The summed E-state index contributed by atoms with van der Waals surface area (Å²) in [6.07, 6.45) is 1.44. The Morgan fingerprint density at radius 2 is 2.14 bits per heavy atom. The van der Waals surface area contributed by atoms with Crippen molar-refractivity contribution in [1.29, 1.82) is 0 Å². The molecule has 0 saturated carbocycles. The van der Waals surface area contributed by atoms with Crippen LogP contribution in [-0.2, 0) is 11.4 Å².